The van der Waals surface area contributed by atoms with E-state index in [1.807, 2.05) is 5.32 Å². The van der Waals surface area contributed by atoms with Gasteiger partial charge in [-0.05, 0) is 18.2 Å². The second-order valence-electron chi connectivity index (χ2n) is 4.15. The Bertz CT molecular complexity index is 491. The molecule has 0 radical (unpaired) electrons. The predicted octanol–water partition coefficient (Wildman–Crippen LogP) is 1.79. The first-order valence-corrected chi connectivity index (χ1v) is 5.79. The minimum Gasteiger partial charge on any atom is -0.484 e. The van der Waals surface area contributed by atoms with Gasteiger partial charge in [0.1, 0.15) is 5.75 Å². The number of alkyl halides is 5. The normalized spacial score (nSPS) is 12.1. The van der Waals surface area contributed by atoms with Crippen LogP contribution in [-0.2, 0) is 11.0 Å². The van der Waals surface area contributed by atoms with Crippen LogP contribution in [0.15, 0.2) is 24.3 Å². The van der Waals surface area contributed by atoms with E-state index in [0.29, 0.717) is 6.07 Å². The number of nitrogens with one attached hydrogen (secondary N) is 1. The Balaban J connectivity index is 2.50. The second kappa shape index (κ2) is 6.70. The van der Waals surface area contributed by atoms with Gasteiger partial charge in [0.15, 0.2) is 6.61 Å². The first-order valence-electron chi connectivity index (χ1n) is 5.79. The minimum atomic E-state index is -4.54. The van der Waals surface area contributed by atoms with Crippen molar-refractivity contribution in [1.82, 2.24) is 5.32 Å². The van der Waals surface area contributed by atoms with Gasteiger partial charge in [-0.1, -0.05) is 6.07 Å². The highest BCUT2D eigenvalue weighted by molar-refractivity contribution is 5.77. The quantitative estimate of drug-likeness (QED) is 0.787. The highest BCUT2D eigenvalue weighted by Gasteiger charge is 2.30. The van der Waals surface area contributed by atoms with Gasteiger partial charge in [-0.15, -0.1) is 0 Å². The van der Waals surface area contributed by atoms with E-state index in [0.717, 1.165) is 12.1 Å². The van der Waals surface area contributed by atoms with Gasteiger partial charge in [0.05, 0.1) is 18.7 Å². The molecule has 3 N–H and O–H groups in total. The summed E-state index contributed by atoms with van der Waals surface area (Å²) >= 11 is 0. The van der Waals surface area contributed by atoms with Gasteiger partial charge >= 0.3 is 6.18 Å². The highest BCUT2D eigenvalue weighted by atomic mass is 19.4. The molecule has 1 amide bonds. The monoisotopic (exact) mass is 312 g/mol. The Morgan fingerprint density at radius 2 is 1.90 bits per heavy atom. The third-order valence-corrected chi connectivity index (χ3v) is 2.37. The first-order chi connectivity index (χ1) is 9.64. The maximum atomic E-state index is 12.8. The number of hydrogen-bond acceptors (Lipinski definition) is 3. The van der Waals surface area contributed by atoms with Crippen LogP contribution in [0.25, 0.3) is 0 Å². The number of carbonyl (C=O) groups is 1. The van der Waals surface area contributed by atoms with Crippen LogP contribution in [0.1, 0.15) is 5.56 Å². The number of halogens is 5. The van der Waals surface area contributed by atoms with Crippen molar-refractivity contribution in [3.05, 3.63) is 29.8 Å². The van der Waals surface area contributed by atoms with Crippen LogP contribution in [0, 0.1) is 0 Å². The molecule has 21 heavy (non-hydrogen) atoms. The summed E-state index contributed by atoms with van der Waals surface area (Å²) in [6, 6.07) is 3.88. The molecule has 0 spiro atoms. The molecule has 1 aromatic carbocycles. The smallest absolute Gasteiger partial charge is 0.416 e. The first kappa shape index (κ1) is 17.2. The molecular formula is C12H13F5N2O2. The Labute approximate surface area is 117 Å². The molecule has 0 heterocycles. The van der Waals surface area contributed by atoms with E-state index in [1.54, 1.807) is 0 Å². The Morgan fingerprint density at radius 1 is 1.24 bits per heavy atom. The molecule has 0 unspecified atom stereocenters. The number of nitrogens with two attached hydrogens (primary N) is 1. The third kappa shape index (κ3) is 5.94. The number of amides is 1. The van der Waals surface area contributed by atoms with E-state index in [4.69, 9.17) is 10.5 Å². The Hall–Kier alpha value is -1.90. The number of rotatable bonds is 6. The predicted molar refractivity (Wildman–Crippen MR) is 64.0 cm³/mol. The van der Waals surface area contributed by atoms with Crippen molar-refractivity contribution in [2.45, 2.75) is 12.1 Å². The van der Waals surface area contributed by atoms with Gasteiger partial charge in [0.25, 0.3) is 11.8 Å². The van der Waals surface area contributed by atoms with Crippen molar-refractivity contribution in [3.63, 3.8) is 0 Å². The van der Waals surface area contributed by atoms with Gasteiger partial charge in [0, 0.05) is 0 Å². The fraction of sp³-hybridized carbons (Fsp3) is 0.417. The minimum absolute atomic E-state index is 0.189. The molecule has 0 aromatic heterocycles. The number of hydrogen-bond donors (Lipinski definition) is 2. The van der Waals surface area contributed by atoms with E-state index in [-0.39, 0.29) is 5.75 Å². The van der Waals surface area contributed by atoms with Crippen LogP contribution in [-0.4, -0.2) is 31.5 Å². The lowest BCUT2D eigenvalue weighted by molar-refractivity contribution is -0.137. The van der Waals surface area contributed by atoms with Crippen LogP contribution in [0.3, 0.4) is 0 Å². The number of benzene rings is 1. The van der Waals surface area contributed by atoms with Crippen molar-refractivity contribution in [2.75, 3.05) is 19.7 Å². The summed E-state index contributed by atoms with van der Waals surface area (Å²) < 4.78 is 67.6. The molecule has 0 fully saturated rings. The van der Waals surface area contributed by atoms with Crippen molar-refractivity contribution in [3.8, 4) is 5.75 Å². The lowest BCUT2D eigenvalue weighted by Crippen LogP contribution is -2.43. The summed E-state index contributed by atoms with van der Waals surface area (Å²) in [6.07, 6.45) is -4.54. The van der Waals surface area contributed by atoms with E-state index in [2.05, 4.69) is 0 Å². The average molecular weight is 312 g/mol. The maximum Gasteiger partial charge on any atom is 0.416 e. The zero-order valence-electron chi connectivity index (χ0n) is 10.7. The highest BCUT2D eigenvalue weighted by Crippen LogP contribution is 2.31. The van der Waals surface area contributed by atoms with Crippen molar-refractivity contribution < 1.29 is 31.5 Å². The lowest BCUT2D eigenvalue weighted by Gasteiger charge is -2.15. The zero-order valence-corrected chi connectivity index (χ0v) is 10.7. The SMILES string of the molecule is NCC(F)(F)CNC(=O)COc1cccc(C(F)(F)F)c1. The largest absolute Gasteiger partial charge is 0.484 e. The van der Waals surface area contributed by atoms with Gasteiger partial charge in [-0.25, -0.2) is 8.78 Å². The summed E-state index contributed by atoms with van der Waals surface area (Å²) in [5.74, 6) is -4.32. The number of ether oxygens (including phenoxy) is 1. The summed E-state index contributed by atoms with van der Waals surface area (Å²) in [5, 5.41) is 1.87. The summed E-state index contributed by atoms with van der Waals surface area (Å²) in [5.41, 5.74) is 3.84. The zero-order chi connectivity index (χ0) is 16.1. The van der Waals surface area contributed by atoms with Crippen LogP contribution < -0.4 is 15.8 Å². The van der Waals surface area contributed by atoms with Crippen LogP contribution in [0.4, 0.5) is 22.0 Å². The van der Waals surface area contributed by atoms with Crippen molar-refractivity contribution >= 4 is 5.91 Å². The molecule has 0 bridgehead atoms. The fourth-order valence-corrected chi connectivity index (χ4v) is 1.26. The lowest BCUT2D eigenvalue weighted by atomic mass is 10.2. The van der Waals surface area contributed by atoms with Gasteiger partial charge in [0.2, 0.25) is 0 Å². The fourth-order valence-electron chi connectivity index (χ4n) is 1.26. The molecule has 0 aliphatic heterocycles. The van der Waals surface area contributed by atoms with Gasteiger partial charge < -0.3 is 15.8 Å². The molecule has 0 saturated heterocycles. The average Bonchev–Trinajstić information content (AvgIpc) is 2.42. The topological polar surface area (TPSA) is 64.3 Å². The summed E-state index contributed by atoms with van der Waals surface area (Å²) in [4.78, 5) is 11.2. The molecule has 4 nitrogen and oxygen atoms in total. The standard InChI is InChI=1S/C12H13F5N2O2/c13-11(14,6-18)7-19-10(20)5-21-9-3-1-2-8(4-9)12(15,16)17/h1-4H,5-7,18H2,(H,19,20). The molecule has 1 rings (SSSR count). The molecule has 0 atom stereocenters. The van der Waals surface area contributed by atoms with E-state index < -0.39 is 43.3 Å². The summed E-state index contributed by atoms with van der Waals surface area (Å²) in [6.45, 7) is -2.57. The van der Waals surface area contributed by atoms with Crippen molar-refractivity contribution in [2.24, 2.45) is 5.73 Å². The molecule has 118 valence electrons. The van der Waals surface area contributed by atoms with E-state index in [9.17, 15) is 26.7 Å². The summed E-state index contributed by atoms with van der Waals surface area (Å²) in [7, 11) is 0. The molecule has 9 heteroatoms. The van der Waals surface area contributed by atoms with E-state index >= 15 is 0 Å². The molecule has 0 aliphatic carbocycles. The molecule has 1 aromatic rings. The number of carbonyl (C=O) groups excluding carboxylic acids is 1. The van der Waals surface area contributed by atoms with E-state index in [1.165, 1.54) is 6.07 Å². The third-order valence-electron chi connectivity index (χ3n) is 2.37. The van der Waals surface area contributed by atoms with Crippen LogP contribution in [0.2, 0.25) is 0 Å². The van der Waals surface area contributed by atoms with Gasteiger partial charge in [-0.3, -0.25) is 4.79 Å². The Kier molecular flexibility index (Phi) is 5.47. The molecule has 0 saturated carbocycles. The second-order valence-corrected chi connectivity index (χ2v) is 4.15. The Morgan fingerprint density at radius 3 is 2.48 bits per heavy atom. The maximum absolute atomic E-state index is 12.8. The van der Waals surface area contributed by atoms with Crippen LogP contribution >= 0.6 is 0 Å². The van der Waals surface area contributed by atoms with Crippen LogP contribution in [0.5, 0.6) is 5.75 Å². The molecular weight excluding hydrogens is 299 g/mol. The molecule has 0 aliphatic rings. The van der Waals surface area contributed by atoms with Crippen molar-refractivity contribution in [1.29, 1.82) is 0 Å². The van der Waals surface area contributed by atoms with Gasteiger partial charge in [-0.2, -0.15) is 13.2 Å².